The molecule has 1 rings (SSSR count). The van der Waals surface area contributed by atoms with Crippen molar-refractivity contribution in [2.75, 3.05) is 6.79 Å². The van der Waals surface area contributed by atoms with Crippen LogP contribution in [0.3, 0.4) is 0 Å². The van der Waals surface area contributed by atoms with Crippen LogP contribution in [0.5, 0.6) is 11.5 Å². The van der Waals surface area contributed by atoms with Crippen molar-refractivity contribution in [3.05, 3.63) is 23.8 Å². The lowest BCUT2D eigenvalue weighted by atomic mass is 10.2. The molecular weight excluding hydrogens is 176 g/mol. The first-order valence-corrected chi connectivity index (χ1v) is 3.45. The van der Waals surface area contributed by atoms with Gasteiger partial charge in [0.1, 0.15) is 0 Å². The molecule has 70 valence electrons. The fraction of sp³-hybridized carbons (Fsp3) is 0.125. The van der Waals surface area contributed by atoms with E-state index >= 15 is 0 Å². The van der Waals surface area contributed by atoms with E-state index < -0.39 is 12.8 Å². The molecule has 0 saturated carbocycles. The topological polar surface area (TPSA) is 87.0 Å². The van der Waals surface area contributed by atoms with E-state index in [0.29, 0.717) is 0 Å². The average molecular weight is 184 g/mol. The number of aliphatic hydroxyl groups excluding tert-OH is 1. The van der Waals surface area contributed by atoms with Gasteiger partial charge in [-0.2, -0.15) is 0 Å². The molecule has 13 heavy (non-hydrogen) atoms. The molecule has 0 spiro atoms. The molecule has 0 heterocycles. The smallest absolute Gasteiger partial charge is 0.335 e. The quantitative estimate of drug-likeness (QED) is 0.592. The van der Waals surface area contributed by atoms with Gasteiger partial charge in [-0.1, -0.05) is 0 Å². The van der Waals surface area contributed by atoms with Crippen molar-refractivity contribution in [2.24, 2.45) is 0 Å². The molecule has 0 atom stereocenters. The number of carboxylic acids is 1. The van der Waals surface area contributed by atoms with E-state index in [2.05, 4.69) is 4.74 Å². The molecule has 1 aromatic carbocycles. The standard InChI is InChI=1S/C8H8O5/c9-4-13-7-3-5(8(11)12)1-2-6(7)10/h1-3,9-10H,4H2,(H,11,12). The Labute approximate surface area is 73.8 Å². The average Bonchev–Trinajstić information content (AvgIpc) is 2.08. The second kappa shape index (κ2) is 3.77. The van der Waals surface area contributed by atoms with Crippen molar-refractivity contribution >= 4 is 5.97 Å². The van der Waals surface area contributed by atoms with Crippen molar-refractivity contribution in [3.63, 3.8) is 0 Å². The van der Waals surface area contributed by atoms with Gasteiger partial charge in [0.25, 0.3) is 0 Å². The number of hydrogen-bond acceptors (Lipinski definition) is 4. The molecule has 3 N–H and O–H groups in total. The highest BCUT2D eigenvalue weighted by Gasteiger charge is 2.07. The zero-order chi connectivity index (χ0) is 9.84. The van der Waals surface area contributed by atoms with Gasteiger partial charge in [-0.15, -0.1) is 0 Å². The Morgan fingerprint density at radius 1 is 1.46 bits per heavy atom. The molecule has 0 saturated heterocycles. The number of aliphatic hydroxyl groups is 1. The molecule has 0 aromatic heterocycles. The monoisotopic (exact) mass is 184 g/mol. The number of ether oxygens (including phenoxy) is 1. The summed E-state index contributed by atoms with van der Waals surface area (Å²) in [5.41, 5.74) is -0.0127. The highest BCUT2D eigenvalue weighted by atomic mass is 16.6. The molecule has 0 radical (unpaired) electrons. The first-order valence-electron chi connectivity index (χ1n) is 3.45. The summed E-state index contributed by atoms with van der Waals surface area (Å²) in [5, 5.41) is 26.1. The molecule has 0 aliphatic carbocycles. The molecular formula is C8H8O5. The van der Waals surface area contributed by atoms with Crippen LogP contribution >= 0.6 is 0 Å². The number of aromatic hydroxyl groups is 1. The third kappa shape index (κ3) is 2.09. The van der Waals surface area contributed by atoms with E-state index in [9.17, 15) is 4.79 Å². The van der Waals surface area contributed by atoms with Crippen LogP contribution in [0, 0.1) is 0 Å². The van der Waals surface area contributed by atoms with Gasteiger partial charge in [-0.3, -0.25) is 0 Å². The van der Waals surface area contributed by atoms with Crippen LogP contribution in [0.25, 0.3) is 0 Å². The number of phenolic OH excluding ortho intramolecular Hbond substituents is 1. The maximum atomic E-state index is 10.5. The third-order valence-corrected chi connectivity index (χ3v) is 1.43. The Kier molecular flexibility index (Phi) is 2.71. The van der Waals surface area contributed by atoms with Crippen LogP contribution in [0.1, 0.15) is 10.4 Å². The Bertz CT molecular complexity index is 320. The van der Waals surface area contributed by atoms with Crippen LogP contribution in [0.2, 0.25) is 0 Å². The molecule has 0 aliphatic heterocycles. The maximum absolute atomic E-state index is 10.5. The number of aromatic carboxylic acids is 1. The predicted molar refractivity (Wildman–Crippen MR) is 42.8 cm³/mol. The fourth-order valence-electron chi connectivity index (χ4n) is 0.832. The molecule has 5 heteroatoms. The van der Waals surface area contributed by atoms with Crippen LogP contribution in [-0.4, -0.2) is 28.1 Å². The Balaban J connectivity index is 3.03. The van der Waals surface area contributed by atoms with Crippen LogP contribution in [0.15, 0.2) is 18.2 Å². The minimum Gasteiger partial charge on any atom is -0.504 e. The maximum Gasteiger partial charge on any atom is 0.335 e. The lowest BCUT2D eigenvalue weighted by Gasteiger charge is -2.04. The number of phenols is 1. The van der Waals surface area contributed by atoms with Gasteiger partial charge in [-0.05, 0) is 18.2 Å². The Hall–Kier alpha value is -1.75. The van der Waals surface area contributed by atoms with Crippen LogP contribution in [0.4, 0.5) is 0 Å². The molecule has 5 nitrogen and oxygen atoms in total. The summed E-state index contributed by atoms with van der Waals surface area (Å²) in [6.07, 6.45) is 0. The minimum absolute atomic E-state index is 0.0127. The van der Waals surface area contributed by atoms with Gasteiger partial charge in [0.05, 0.1) is 5.56 Å². The van der Waals surface area contributed by atoms with Crippen LogP contribution < -0.4 is 4.74 Å². The largest absolute Gasteiger partial charge is 0.504 e. The number of rotatable bonds is 3. The first-order chi connectivity index (χ1) is 6.15. The lowest BCUT2D eigenvalue weighted by molar-refractivity contribution is 0.0693. The number of carbonyl (C=O) groups is 1. The summed E-state index contributed by atoms with van der Waals surface area (Å²) in [6.45, 7) is -0.614. The predicted octanol–water partition coefficient (Wildman–Crippen LogP) is 0.419. The molecule has 0 aliphatic rings. The fourth-order valence-corrected chi connectivity index (χ4v) is 0.832. The number of carboxylic acid groups (broad SMARTS) is 1. The van der Waals surface area contributed by atoms with E-state index in [1.54, 1.807) is 0 Å². The zero-order valence-electron chi connectivity index (χ0n) is 6.60. The summed E-state index contributed by atoms with van der Waals surface area (Å²) in [4.78, 5) is 10.5. The zero-order valence-corrected chi connectivity index (χ0v) is 6.60. The van der Waals surface area contributed by atoms with Crippen molar-refractivity contribution in [1.29, 1.82) is 0 Å². The molecule has 0 bridgehead atoms. The van der Waals surface area contributed by atoms with Gasteiger partial charge >= 0.3 is 5.97 Å². The SMILES string of the molecule is O=C(O)c1ccc(O)c(OCO)c1. The molecule has 0 unspecified atom stereocenters. The van der Waals surface area contributed by atoms with E-state index in [1.807, 2.05) is 0 Å². The van der Waals surface area contributed by atoms with Crippen molar-refractivity contribution in [1.82, 2.24) is 0 Å². The molecule has 0 amide bonds. The molecule has 0 fully saturated rings. The third-order valence-electron chi connectivity index (χ3n) is 1.43. The number of benzene rings is 1. The second-order valence-corrected chi connectivity index (χ2v) is 2.26. The summed E-state index contributed by atoms with van der Waals surface area (Å²) < 4.78 is 4.57. The highest BCUT2D eigenvalue weighted by Crippen LogP contribution is 2.26. The normalized spacial score (nSPS) is 9.62. The van der Waals surface area contributed by atoms with Gasteiger partial charge in [0.2, 0.25) is 0 Å². The Morgan fingerprint density at radius 3 is 2.69 bits per heavy atom. The van der Waals surface area contributed by atoms with Crippen molar-refractivity contribution in [3.8, 4) is 11.5 Å². The lowest BCUT2D eigenvalue weighted by Crippen LogP contribution is -1.99. The highest BCUT2D eigenvalue weighted by molar-refractivity contribution is 5.88. The summed E-state index contributed by atoms with van der Waals surface area (Å²) in [7, 11) is 0. The van der Waals surface area contributed by atoms with E-state index in [1.165, 1.54) is 12.1 Å². The van der Waals surface area contributed by atoms with E-state index in [-0.39, 0.29) is 17.1 Å². The molecule has 1 aromatic rings. The first kappa shape index (κ1) is 9.34. The van der Waals surface area contributed by atoms with Gasteiger partial charge in [0, 0.05) is 0 Å². The minimum atomic E-state index is -1.12. The number of hydrogen-bond donors (Lipinski definition) is 3. The van der Waals surface area contributed by atoms with Crippen LogP contribution in [-0.2, 0) is 0 Å². The summed E-state index contributed by atoms with van der Waals surface area (Å²) >= 11 is 0. The summed E-state index contributed by atoms with van der Waals surface area (Å²) in [5.74, 6) is -1.38. The Morgan fingerprint density at radius 2 is 2.15 bits per heavy atom. The summed E-state index contributed by atoms with van der Waals surface area (Å²) in [6, 6.07) is 3.56. The van der Waals surface area contributed by atoms with Gasteiger partial charge < -0.3 is 20.1 Å². The van der Waals surface area contributed by atoms with E-state index in [4.69, 9.17) is 15.3 Å². The van der Waals surface area contributed by atoms with Gasteiger partial charge in [0.15, 0.2) is 18.3 Å². The van der Waals surface area contributed by atoms with Crippen molar-refractivity contribution < 1.29 is 24.9 Å². The van der Waals surface area contributed by atoms with E-state index in [0.717, 1.165) is 6.07 Å². The van der Waals surface area contributed by atoms with Gasteiger partial charge in [-0.25, -0.2) is 4.79 Å². The van der Waals surface area contributed by atoms with Crippen molar-refractivity contribution in [2.45, 2.75) is 0 Å². The second-order valence-electron chi connectivity index (χ2n) is 2.26.